The lowest BCUT2D eigenvalue weighted by Crippen LogP contribution is -2.22. The molecule has 0 spiro atoms. The average Bonchev–Trinajstić information content (AvgIpc) is 2.95. The number of aliphatic imine (C=N–C) groups is 1. The van der Waals surface area contributed by atoms with Gasteiger partial charge in [-0.3, -0.25) is 4.99 Å². The van der Waals surface area contributed by atoms with Crippen LogP contribution in [-0.2, 0) is 15.3 Å². The van der Waals surface area contributed by atoms with Crippen LogP contribution < -0.4 is 0 Å². The molecular formula is C17H15Cl2NO2. The summed E-state index contributed by atoms with van der Waals surface area (Å²) >= 11 is 12.3. The van der Waals surface area contributed by atoms with E-state index in [1.165, 1.54) is 0 Å². The molecule has 0 aliphatic carbocycles. The van der Waals surface area contributed by atoms with E-state index in [1.54, 1.807) is 24.4 Å². The van der Waals surface area contributed by atoms with Crippen LogP contribution in [0.25, 0.3) is 0 Å². The van der Waals surface area contributed by atoms with Crippen LogP contribution >= 0.6 is 23.2 Å². The van der Waals surface area contributed by atoms with Gasteiger partial charge in [0.2, 0.25) is 0 Å². The molecule has 1 heterocycles. The minimum atomic E-state index is -0.766. The molecule has 114 valence electrons. The maximum absolute atomic E-state index is 6.16. The summed E-state index contributed by atoms with van der Waals surface area (Å²) in [6, 6.07) is 13.1. The highest BCUT2D eigenvalue weighted by Gasteiger charge is 2.34. The number of benzene rings is 2. The fraction of sp³-hybridized carbons (Fsp3) is 0.235. The maximum Gasteiger partial charge on any atom is 0.194 e. The molecule has 0 amide bonds. The lowest BCUT2D eigenvalue weighted by Gasteiger charge is -2.24. The summed E-state index contributed by atoms with van der Waals surface area (Å²) in [5.74, 6) is -0.766. The smallest absolute Gasteiger partial charge is 0.194 e. The number of hydrogen-bond acceptors (Lipinski definition) is 3. The Bertz CT molecular complexity index is 689. The van der Waals surface area contributed by atoms with E-state index in [-0.39, 0.29) is 0 Å². The van der Waals surface area contributed by atoms with Crippen molar-refractivity contribution in [3.8, 4) is 0 Å². The normalized spacial score (nSPS) is 17.2. The van der Waals surface area contributed by atoms with Gasteiger partial charge >= 0.3 is 0 Å². The van der Waals surface area contributed by atoms with Crippen molar-refractivity contribution >= 4 is 35.1 Å². The SMILES string of the molecule is CC1(c2ccccc2N=Cc2c(Cl)cccc2Cl)OCCO1. The number of para-hydroxylation sites is 1. The van der Waals surface area contributed by atoms with Gasteiger partial charge in [-0.15, -0.1) is 0 Å². The molecule has 5 heteroatoms. The van der Waals surface area contributed by atoms with E-state index in [4.69, 9.17) is 32.7 Å². The first-order chi connectivity index (χ1) is 10.6. The predicted octanol–water partition coefficient (Wildman–Crippen LogP) is 4.96. The molecule has 22 heavy (non-hydrogen) atoms. The maximum atomic E-state index is 6.16. The molecule has 0 N–H and O–H groups in total. The summed E-state index contributed by atoms with van der Waals surface area (Å²) in [4.78, 5) is 4.53. The van der Waals surface area contributed by atoms with Gasteiger partial charge in [0.25, 0.3) is 0 Å². The van der Waals surface area contributed by atoms with Crippen molar-refractivity contribution in [1.82, 2.24) is 0 Å². The lowest BCUT2D eigenvalue weighted by atomic mass is 10.1. The second-order valence-electron chi connectivity index (χ2n) is 5.05. The number of ether oxygens (including phenoxy) is 2. The topological polar surface area (TPSA) is 30.8 Å². The van der Waals surface area contributed by atoms with Gasteiger partial charge in [0, 0.05) is 17.3 Å². The van der Waals surface area contributed by atoms with Gasteiger partial charge in [-0.2, -0.15) is 0 Å². The quantitative estimate of drug-likeness (QED) is 0.742. The Balaban J connectivity index is 1.98. The van der Waals surface area contributed by atoms with Gasteiger partial charge in [-0.05, 0) is 25.1 Å². The van der Waals surface area contributed by atoms with Crippen LogP contribution in [0.15, 0.2) is 47.5 Å². The molecule has 1 saturated heterocycles. The molecule has 0 aromatic heterocycles. The van der Waals surface area contributed by atoms with Gasteiger partial charge in [0.05, 0.1) is 28.9 Å². The summed E-state index contributed by atoms with van der Waals surface area (Å²) in [5.41, 5.74) is 2.34. The second kappa shape index (κ2) is 6.39. The standard InChI is InChI=1S/C17H15Cl2NO2/c1-17(21-9-10-22-17)13-5-2-3-8-16(13)20-11-12-14(18)6-4-7-15(12)19/h2-8,11H,9-10H2,1H3. The minimum Gasteiger partial charge on any atom is -0.344 e. The zero-order valence-corrected chi connectivity index (χ0v) is 13.6. The van der Waals surface area contributed by atoms with Crippen molar-refractivity contribution in [3.63, 3.8) is 0 Å². The summed E-state index contributed by atoms with van der Waals surface area (Å²) < 4.78 is 11.4. The number of nitrogens with zero attached hydrogens (tertiary/aromatic N) is 1. The van der Waals surface area contributed by atoms with E-state index >= 15 is 0 Å². The highest BCUT2D eigenvalue weighted by molar-refractivity contribution is 6.38. The summed E-state index contributed by atoms with van der Waals surface area (Å²) in [6.45, 7) is 3.05. The van der Waals surface area contributed by atoms with Gasteiger partial charge in [-0.25, -0.2) is 0 Å². The number of halogens is 2. The van der Waals surface area contributed by atoms with Crippen molar-refractivity contribution in [2.75, 3.05) is 13.2 Å². The summed E-state index contributed by atoms with van der Waals surface area (Å²) in [6.07, 6.45) is 1.67. The van der Waals surface area contributed by atoms with Crippen molar-refractivity contribution < 1.29 is 9.47 Å². The first-order valence-corrected chi connectivity index (χ1v) is 7.71. The van der Waals surface area contributed by atoms with Crippen LogP contribution in [-0.4, -0.2) is 19.4 Å². The van der Waals surface area contributed by atoms with E-state index in [0.717, 1.165) is 11.3 Å². The average molecular weight is 336 g/mol. The van der Waals surface area contributed by atoms with Gasteiger partial charge in [0.15, 0.2) is 5.79 Å². The predicted molar refractivity (Wildman–Crippen MR) is 89.4 cm³/mol. The fourth-order valence-electron chi connectivity index (χ4n) is 2.41. The third kappa shape index (κ3) is 3.03. The Kier molecular flexibility index (Phi) is 4.50. The van der Waals surface area contributed by atoms with E-state index in [9.17, 15) is 0 Å². The third-order valence-electron chi connectivity index (χ3n) is 3.56. The molecule has 3 rings (SSSR count). The van der Waals surface area contributed by atoms with E-state index in [2.05, 4.69) is 4.99 Å². The van der Waals surface area contributed by atoms with Crippen molar-refractivity contribution in [1.29, 1.82) is 0 Å². The van der Waals surface area contributed by atoms with Crippen molar-refractivity contribution in [2.45, 2.75) is 12.7 Å². The van der Waals surface area contributed by atoms with E-state index in [0.29, 0.717) is 28.8 Å². The molecule has 2 aromatic carbocycles. The van der Waals surface area contributed by atoms with E-state index < -0.39 is 5.79 Å². The Morgan fingerprint density at radius 1 is 1.00 bits per heavy atom. The molecule has 3 nitrogen and oxygen atoms in total. The largest absolute Gasteiger partial charge is 0.344 e. The minimum absolute atomic E-state index is 0.563. The Morgan fingerprint density at radius 3 is 2.32 bits per heavy atom. The lowest BCUT2D eigenvalue weighted by molar-refractivity contribution is -0.149. The fourth-order valence-corrected chi connectivity index (χ4v) is 2.90. The molecular weight excluding hydrogens is 321 g/mol. The van der Waals surface area contributed by atoms with Crippen LogP contribution in [0.1, 0.15) is 18.1 Å². The van der Waals surface area contributed by atoms with Crippen LogP contribution in [0, 0.1) is 0 Å². The molecule has 0 unspecified atom stereocenters. The zero-order valence-electron chi connectivity index (χ0n) is 12.1. The molecule has 0 atom stereocenters. The Labute approximate surface area is 139 Å². The molecule has 2 aromatic rings. The molecule has 1 fully saturated rings. The number of rotatable bonds is 3. The van der Waals surface area contributed by atoms with Crippen molar-refractivity contribution in [3.05, 3.63) is 63.6 Å². The van der Waals surface area contributed by atoms with E-state index in [1.807, 2.05) is 31.2 Å². The third-order valence-corrected chi connectivity index (χ3v) is 4.22. The molecule has 0 saturated carbocycles. The summed E-state index contributed by atoms with van der Waals surface area (Å²) in [5, 5.41) is 1.13. The van der Waals surface area contributed by atoms with Crippen LogP contribution in [0.5, 0.6) is 0 Å². The molecule has 0 radical (unpaired) electrons. The first kappa shape index (κ1) is 15.5. The van der Waals surface area contributed by atoms with Gasteiger partial charge in [-0.1, -0.05) is 47.5 Å². The van der Waals surface area contributed by atoms with Gasteiger partial charge in [0.1, 0.15) is 0 Å². The number of hydrogen-bond donors (Lipinski definition) is 0. The van der Waals surface area contributed by atoms with Crippen LogP contribution in [0.3, 0.4) is 0 Å². The summed E-state index contributed by atoms with van der Waals surface area (Å²) in [7, 11) is 0. The molecule has 0 bridgehead atoms. The highest BCUT2D eigenvalue weighted by Crippen LogP contribution is 2.37. The highest BCUT2D eigenvalue weighted by atomic mass is 35.5. The van der Waals surface area contributed by atoms with Crippen LogP contribution in [0.2, 0.25) is 10.0 Å². The molecule has 1 aliphatic rings. The van der Waals surface area contributed by atoms with Crippen molar-refractivity contribution in [2.24, 2.45) is 4.99 Å². The Hall–Kier alpha value is -1.39. The molecule has 1 aliphatic heterocycles. The van der Waals surface area contributed by atoms with Crippen LogP contribution in [0.4, 0.5) is 5.69 Å². The Morgan fingerprint density at radius 2 is 1.64 bits per heavy atom. The first-order valence-electron chi connectivity index (χ1n) is 6.96. The zero-order chi connectivity index (χ0) is 15.6. The monoisotopic (exact) mass is 335 g/mol. The van der Waals surface area contributed by atoms with Gasteiger partial charge < -0.3 is 9.47 Å². The second-order valence-corrected chi connectivity index (χ2v) is 5.87.